The third-order valence-electron chi connectivity index (χ3n) is 9.20. The Kier molecular flexibility index (Phi) is 8.63. The van der Waals surface area contributed by atoms with Crippen molar-refractivity contribution in [2.75, 3.05) is 41.3 Å². The zero-order valence-electron chi connectivity index (χ0n) is 24.0. The van der Waals surface area contributed by atoms with Crippen LogP contribution in [0.5, 0.6) is 0 Å². The smallest absolute Gasteiger partial charge is 0.232 e. The number of anilines is 3. The van der Waals surface area contributed by atoms with Gasteiger partial charge in [0.2, 0.25) is 5.95 Å². The molecule has 1 aliphatic carbocycles. The first-order valence-electron chi connectivity index (χ1n) is 15.2. The predicted octanol–water partition coefficient (Wildman–Crippen LogP) is 7.12. The van der Waals surface area contributed by atoms with Gasteiger partial charge in [0.15, 0.2) is 5.11 Å². The van der Waals surface area contributed by atoms with Gasteiger partial charge in [-0.05, 0) is 79.1 Å². The Balaban J connectivity index is 1.22. The van der Waals surface area contributed by atoms with Crippen molar-refractivity contribution in [2.24, 2.45) is 5.92 Å². The van der Waals surface area contributed by atoms with Crippen molar-refractivity contribution in [3.8, 4) is 0 Å². The van der Waals surface area contributed by atoms with Crippen LogP contribution in [0.1, 0.15) is 68.6 Å². The highest BCUT2D eigenvalue weighted by molar-refractivity contribution is 7.80. The summed E-state index contributed by atoms with van der Waals surface area (Å²) in [6, 6.07) is 19.3. The number of thiocarbonyl (C=S) groups is 1. The van der Waals surface area contributed by atoms with E-state index in [1.165, 1.54) is 48.8 Å². The maximum Gasteiger partial charge on any atom is 0.232 e. The Bertz CT molecular complexity index is 1370. The molecule has 1 atom stereocenters. The summed E-state index contributed by atoms with van der Waals surface area (Å²) in [5.74, 6) is 3.15. The molecule has 41 heavy (non-hydrogen) atoms. The molecule has 1 saturated carbocycles. The molecule has 0 radical (unpaired) electrons. The summed E-state index contributed by atoms with van der Waals surface area (Å²) in [6.07, 6.45) is 9.45. The summed E-state index contributed by atoms with van der Waals surface area (Å²) in [4.78, 5) is 14.8. The van der Waals surface area contributed by atoms with Gasteiger partial charge >= 0.3 is 0 Å². The van der Waals surface area contributed by atoms with E-state index < -0.39 is 0 Å². The highest BCUT2D eigenvalue weighted by atomic mass is 35.5. The fourth-order valence-corrected chi connectivity index (χ4v) is 7.25. The molecule has 216 valence electrons. The number of rotatable bonds is 6. The first kappa shape index (κ1) is 28.2. The summed E-state index contributed by atoms with van der Waals surface area (Å²) in [5.41, 5.74) is 4.12. The summed E-state index contributed by atoms with van der Waals surface area (Å²) in [6.45, 7) is 6.92. The number of halogens is 1. The molecule has 8 heteroatoms. The number of piperidine rings is 1. The van der Waals surface area contributed by atoms with Crippen LogP contribution in [0.2, 0.25) is 5.02 Å². The van der Waals surface area contributed by atoms with E-state index >= 15 is 0 Å². The maximum atomic E-state index is 6.41. The monoisotopic (exact) mass is 588 g/mol. The SMILES string of the molecule is C[C@@H]1CCCN(c2cc(N3CCc4ccccc4C3)nc(NC(=S)NCC3(c4cccc(Cl)c4)CCCCC3)n2)C1. The summed E-state index contributed by atoms with van der Waals surface area (Å²) in [5, 5.41) is 8.27. The third-order valence-corrected chi connectivity index (χ3v) is 9.68. The standard InChI is InChI=1S/C33H41ClN6S/c1-24-9-8-17-39(21-24)29-20-30(40-18-14-25-10-3-4-11-26(25)22-40)37-31(36-29)38-32(41)35-23-33(15-5-2-6-16-33)27-12-7-13-28(34)19-27/h3-4,7,10-13,19-20,24H,2,5-6,8-9,14-18,21-23H2,1H3,(H2,35,36,37,38,41)/t24-/m1/s1. The maximum absolute atomic E-state index is 6.41. The van der Waals surface area contributed by atoms with Gasteiger partial charge in [-0.15, -0.1) is 0 Å². The van der Waals surface area contributed by atoms with Crippen LogP contribution in [-0.2, 0) is 18.4 Å². The molecule has 0 unspecified atom stereocenters. The van der Waals surface area contributed by atoms with Crippen LogP contribution in [0, 0.1) is 5.92 Å². The minimum absolute atomic E-state index is 0.0217. The lowest BCUT2D eigenvalue weighted by atomic mass is 9.69. The fourth-order valence-electron chi connectivity index (χ4n) is 6.90. The number of hydrogen-bond donors (Lipinski definition) is 2. The van der Waals surface area contributed by atoms with Crippen molar-refractivity contribution in [1.29, 1.82) is 0 Å². The van der Waals surface area contributed by atoms with Crippen molar-refractivity contribution in [1.82, 2.24) is 15.3 Å². The molecule has 0 bridgehead atoms. The molecule has 2 aliphatic heterocycles. The van der Waals surface area contributed by atoms with Crippen molar-refractivity contribution >= 4 is 46.5 Å². The van der Waals surface area contributed by atoms with Gasteiger partial charge in [0.1, 0.15) is 11.6 Å². The second kappa shape index (κ2) is 12.5. The van der Waals surface area contributed by atoms with E-state index in [4.69, 9.17) is 33.8 Å². The Labute approximate surface area is 254 Å². The third kappa shape index (κ3) is 6.62. The van der Waals surface area contributed by atoms with Crippen LogP contribution in [0.15, 0.2) is 54.6 Å². The van der Waals surface area contributed by atoms with Crippen LogP contribution in [0.3, 0.4) is 0 Å². The van der Waals surface area contributed by atoms with Gasteiger partial charge in [-0.3, -0.25) is 0 Å². The van der Waals surface area contributed by atoms with E-state index in [9.17, 15) is 0 Å². The zero-order chi connectivity index (χ0) is 28.2. The minimum atomic E-state index is 0.0217. The molecule has 6 nitrogen and oxygen atoms in total. The minimum Gasteiger partial charge on any atom is -0.361 e. The number of fused-ring (bicyclic) bond motifs is 1. The normalized spacial score (nSPS) is 20.3. The molecule has 0 amide bonds. The van der Waals surface area contributed by atoms with Crippen LogP contribution in [-0.4, -0.2) is 41.3 Å². The molecule has 2 aromatic carbocycles. The number of benzene rings is 2. The quantitative estimate of drug-likeness (QED) is 0.297. The summed E-state index contributed by atoms with van der Waals surface area (Å²) < 4.78 is 0. The van der Waals surface area contributed by atoms with Gasteiger partial charge in [-0.1, -0.05) is 74.2 Å². The average Bonchev–Trinajstić information content (AvgIpc) is 3.00. The Hall–Kier alpha value is -2.90. The Morgan fingerprint density at radius 3 is 2.51 bits per heavy atom. The number of nitrogens with one attached hydrogen (secondary N) is 2. The molecule has 0 spiro atoms. The highest BCUT2D eigenvalue weighted by Gasteiger charge is 2.34. The second-order valence-electron chi connectivity index (χ2n) is 12.2. The van der Waals surface area contributed by atoms with E-state index in [1.807, 2.05) is 6.07 Å². The molecule has 2 N–H and O–H groups in total. The lowest BCUT2D eigenvalue weighted by molar-refractivity contribution is 0.292. The average molecular weight is 589 g/mol. The first-order valence-corrected chi connectivity index (χ1v) is 16.0. The van der Waals surface area contributed by atoms with Gasteiger partial charge in [0.05, 0.1) is 0 Å². The predicted molar refractivity (Wildman–Crippen MR) is 174 cm³/mol. The number of aromatic nitrogens is 2. The molecule has 3 heterocycles. The summed E-state index contributed by atoms with van der Waals surface area (Å²) >= 11 is 12.3. The van der Waals surface area contributed by atoms with Gasteiger partial charge in [0, 0.05) is 49.2 Å². The van der Waals surface area contributed by atoms with E-state index in [1.54, 1.807) is 0 Å². The van der Waals surface area contributed by atoms with Crippen LogP contribution in [0.25, 0.3) is 0 Å². The number of nitrogens with zero attached hydrogens (tertiary/aromatic N) is 4. The van der Waals surface area contributed by atoms with Crippen molar-refractivity contribution < 1.29 is 0 Å². The topological polar surface area (TPSA) is 56.3 Å². The fraction of sp³-hybridized carbons (Fsp3) is 0.485. The number of hydrogen-bond acceptors (Lipinski definition) is 5. The molecule has 3 aromatic rings. The second-order valence-corrected chi connectivity index (χ2v) is 13.0. The first-order chi connectivity index (χ1) is 20.0. The van der Waals surface area contributed by atoms with Crippen molar-refractivity contribution in [3.05, 3.63) is 76.3 Å². The van der Waals surface area contributed by atoms with Crippen molar-refractivity contribution in [2.45, 2.75) is 70.3 Å². The van der Waals surface area contributed by atoms with Crippen LogP contribution >= 0.6 is 23.8 Å². The van der Waals surface area contributed by atoms with Gasteiger partial charge in [0.25, 0.3) is 0 Å². The molecule has 2 fully saturated rings. The molecular formula is C33H41ClN6S. The zero-order valence-corrected chi connectivity index (χ0v) is 25.6. The Morgan fingerprint density at radius 2 is 1.73 bits per heavy atom. The van der Waals surface area contributed by atoms with E-state index in [0.29, 0.717) is 17.0 Å². The van der Waals surface area contributed by atoms with Crippen LogP contribution < -0.4 is 20.4 Å². The van der Waals surface area contributed by atoms with E-state index in [-0.39, 0.29) is 5.41 Å². The largest absolute Gasteiger partial charge is 0.361 e. The molecule has 6 rings (SSSR count). The molecular weight excluding hydrogens is 548 g/mol. The van der Waals surface area contributed by atoms with Crippen LogP contribution in [0.4, 0.5) is 17.6 Å². The molecule has 3 aliphatic rings. The highest BCUT2D eigenvalue weighted by Crippen LogP contribution is 2.40. The van der Waals surface area contributed by atoms with E-state index in [0.717, 1.165) is 68.6 Å². The van der Waals surface area contributed by atoms with Gasteiger partial charge in [-0.25, -0.2) is 0 Å². The van der Waals surface area contributed by atoms with Gasteiger partial charge in [-0.2, -0.15) is 9.97 Å². The van der Waals surface area contributed by atoms with Crippen molar-refractivity contribution in [3.63, 3.8) is 0 Å². The lowest BCUT2D eigenvalue weighted by Gasteiger charge is -2.38. The van der Waals surface area contributed by atoms with Gasteiger partial charge < -0.3 is 20.4 Å². The lowest BCUT2D eigenvalue weighted by Crippen LogP contribution is -2.43. The molecule has 1 aromatic heterocycles. The van der Waals surface area contributed by atoms with E-state index in [2.05, 4.69) is 75.9 Å². The summed E-state index contributed by atoms with van der Waals surface area (Å²) in [7, 11) is 0. The molecule has 1 saturated heterocycles. The Morgan fingerprint density at radius 1 is 0.951 bits per heavy atom.